The van der Waals surface area contributed by atoms with Crippen LogP contribution in [0.3, 0.4) is 0 Å². The standard InChI is InChI=1S/C33H39F3N6O5S/c1-30(2,3)47-29(44)42(31(4)11-8-12-31)16-21-13-24-25(26(14-21)33(34,35)36)17-41(27(24)43)23-10-7-9-22(15-23)32(28-38-37-20-39(28)5)18-40(19-32)48(6,45)46/h7,9-10,13-15,20H,8,11-12,16-19H2,1-6H3. The number of anilines is 1. The number of alkyl halides is 3. The molecule has 0 N–H and O–H groups in total. The van der Waals surface area contributed by atoms with Gasteiger partial charge in [0.2, 0.25) is 10.0 Å². The number of sulfonamides is 1. The van der Waals surface area contributed by atoms with Gasteiger partial charge in [-0.15, -0.1) is 10.2 Å². The molecule has 6 rings (SSSR count). The molecular formula is C33H39F3N6O5S. The molecule has 0 radical (unpaired) electrons. The maximum absolute atomic E-state index is 14.6. The Morgan fingerprint density at radius 1 is 1.10 bits per heavy atom. The van der Waals surface area contributed by atoms with Crippen LogP contribution >= 0.6 is 0 Å². The summed E-state index contributed by atoms with van der Waals surface area (Å²) in [5, 5.41) is 8.23. The largest absolute Gasteiger partial charge is 0.444 e. The Morgan fingerprint density at radius 3 is 2.33 bits per heavy atom. The van der Waals surface area contributed by atoms with Gasteiger partial charge < -0.3 is 14.2 Å². The molecular weight excluding hydrogens is 649 g/mol. The Kier molecular flexibility index (Phi) is 7.98. The number of halogens is 3. The number of hydrogen-bond acceptors (Lipinski definition) is 7. The maximum atomic E-state index is 14.6. The van der Waals surface area contributed by atoms with Gasteiger partial charge in [0, 0.05) is 43.5 Å². The van der Waals surface area contributed by atoms with Crippen molar-refractivity contribution in [2.45, 2.75) is 82.8 Å². The molecule has 11 nitrogen and oxygen atoms in total. The summed E-state index contributed by atoms with van der Waals surface area (Å²) in [6.07, 6.45) is -0.498. The molecule has 0 bridgehead atoms. The average Bonchev–Trinajstić information content (AvgIpc) is 3.50. The topological polar surface area (TPSA) is 118 Å². The molecule has 3 heterocycles. The SMILES string of the molecule is Cn1cnnc1C1(c2cccc(N3Cc4c(cc(CN(C(=O)OC(C)(C)C)C5(C)CCC5)cc4C(F)(F)F)C3=O)c2)CN(S(C)(=O)=O)C1. The number of fused-ring (bicyclic) bond motifs is 1. The van der Waals surface area contributed by atoms with Crippen molar-refractivity contribution in [2.24, 2.45) is 7.05 Å². The van der Waals surface area contributed by atoms with Crippen LogP contribution in [0, 0.1) is 0 Å². The summed E-state index contributed by atoms with van der Waals surface area (Å²) in [5.41, 5.74) is -2.22. The first-order valence-corrected chi connectivity index (χ1v) is 17.5. The number of carbonyl (C=O) groups is 2. The minimum absolute atomic E-state index is 0.0805. The molecule has 1 aliphatic carbocycles. The van der Waals surface area contributed by atoms with Crippen molar-refractivity contribution < 1.29 is 35.9 Å². The molecule has 48 heavy (non-hydrogen) atoms. The second kappa shape index (κ2) is 11.3. The van der Waals surface area contributed by atoms with Gasteiger partial charge >= 0.3 is 12.3 Å². The third kappa shape index (κ3) is 5.95. The molecule has 15 heteroatoms. The molecule has 1 saturated carbocycles. The van der Waals surface area contributed by atoms with E-state index in [1.807, 2.05) is 6.92 Å². The summed E-state index contributed by atoms with van der Waals surface area (Å²) >= 11 is 0. The molecule has 1 saturated heterocycles. The molecule has 0 spiro atoms. The summed E-state index contributed by atoms with van der Waals surface area (Å²) < 4.78 is 77.1. The van der Waals surface area contributed by atoms with Crippen molar-refractivity contribution in [1.29, 1.82) is 0 Å². The number of aryl methyl sites for hydroxylation is 1. The number of aromatic nitrogens is 3. The van der Waals surface area contributed by atoms with E-state index < -0.39 is 50.3 Å². The fraction of sp³-hybridized carbons (Fsp3) is 0.515. The van der Waals surface area contributed by atoms with E-state index in [-0.39, 0.29) is 42.9 Å². The molecule has 1 aromatic heterocycles. The van der Waals surface area contributed by atoms with E-state index in [1.54, 1.807) is 56.7 Å². The average molecular weight is 689 g/mol. The van der Waals surface area contributed by atoms with Gasteiger partial charge in [0.05, 0.1) is 23.8 Å². The third-order valence-corrected chi connectivity index (χ3v) is 10.9. The van der Waals surface area contributed by atoms with E-state index in [0.717, 1.165) is 18.7 Å². The molecule has 2 amide bonds. The quantitative estimate of drug-likeness (QED) is 0.334. The van der Waals surface area contributed by atoms with Crippen molar-refractivity contribution in [3.8, 4) is 0 Å². The second-order valence-corrected chi connectivity index (χ2v) is 16.4. The van der Waals surface area contributed by atoms with E-state index in [4.69, 9.17) is 4.74 Å². The highest BCUT2D eigenvalue weighted by atomic mass is 32.2. The van der Waals surface area contributed by atoms with E-state index in [9.17, 15) is 31.2 Å². The Hall–Kier alpha value is -3.98. The fourth-order valence-electron chi connectivity index (χ4n) is 6.89. The van der Waals surface area contributed by atoms with Crippen LogP contribution in [-0.4, -0.2) is 74.9 Å². The molecule has 2 fully saturated rings. The number of rotatable bonds is 7. The number of benzene rings is 2. The lowest BCUT2D eigenvalue weighted by molar-refractivity contribution is -0.138. The van der Waals surface area contributed by atoms with Crippen LogP contribution in [0.15, 0.2) is 42.7 Å². The molecule has 3 aromatic rings. The van der Waals surface area contributed by atoms with Crippen LogP contribution in [0.1, 0.15) is 85.4 Å². The predicted molar refractivity (Wildman–Crippen MR) is 171 cm³/mol. The molecule has 3 aliphatic rings. The zero-order valence-corrected chi connectivity index (χ0v) is 28.6. The van der Waals surface area contributed by atoms with Gasteiger partial charge in [-0.2, -0.15) is 17.5 Å². The van der Waals surface area contributed by atoms with Crippen molar-refractivity contribution in [3.63, 3.8) is 0 Å². The maximum Gasteiger partial charge on any atom is 0.416 e. The monoisotopic (exact) mass is 688 g/mol. The van der Waals surface area contributed by atoms with E-state index >= 15 is 0 Å². The van der Waals surface area contributed by atoms with Gasteiger partial charge in [-0.25, -0.2) is 13.2 Å². The van der Waals surface area contributed by atoms with Crippen molar-refractivity contribution in [3.05, 3.63) is 76.4 Å². The van der Waals surface area contributed by atoms with Crippen LogP contribution in [0.25, 0.3) is 0 Å². The number of carbonyl (C=O) groups excluding carboxylic acids is 2. The van der Waals surface area contributed by atoms with Gasteiger partial charge in [0.25, 0.3) is 5.91 Å². The first-order valence-electron chi connectivity index (χ1n) is 15.7. The normalized spacial score (nSPS) is 19.0. The molecule has 0 unspecified atom stereocenters. The van der Waals surface area contributed by atoms with Crippen LogP contribution in [0.2, 0.25) is 0 Å². The molecule has 0 atom stereocenters. The number of nitrogens with zero attached hydrogens (tertiary/aromatic N) is 6. The Balaban J connectivity index is 1.36. The zero-order chi connectivity index (χ0) is 35.0. The Labute approximate surface area is 277 Å². The first-order chi connectivity index (χ1) is 22.2. The van der Waals surface area contributed by atoms with Crippen molar-refractivity contribution in [2.75, 3.05) is 24.2 Å². The molecule has 258 valence electrons. The molecule has 2 aromatic carbocycles. The van der Waals surface area contributed by atoms with Crippen LogP contribution in [0.5, 0.6) is 0 Å². The minimum Gasteiger partial charge on any atom is -0.444 e. The Morgan fingerprint density at radius 2 is 1.79 bits per heavy atom. The van der Waals surface area contributed by atoms with Crippen LogP contribution < -0.4 is 4.90 Å². The van der Waals surface area contributed by atoms with Gasteiger partial charge in [0.15, 0.2) is 0 Å². The van der Waals surface area contributed by atoms with Crippen molar-refractivity contribution in [1.82, 2.24) is 24.0 Å². The highest BCUT2D eigenvalue weighted by Crippen LogP contribution is 2.45. The van der Waals surface area contributed by atoms with Gasteiger partial charge in [-0.05, 0) is 87.9 Å². The predicted octanol–water partition coefficient (Wildman–Crippen LogP) is 5.24. The summed E-state index contributed by atoms with van der Waals surface area (Å²) in [5.74, 6) is -0.0819. The lowest BCUT2D eigenvalue weighted by Gasteiger charge is -2.48. The van der Waals surface area contributed by atoms with Crippen LogP contribution in [-0.2, 0) is 46.5 Å². The third-order valence-electron chi connectivity index (χ3n) is 9.66. The van der Waals surface area contributed by atoms with E-state index in [2.05, 4.69) is 10.2 Å². The van der Waals surface area contributed by atoms with Gasteiger partial charge in [-0.1, -0.05) is 12.1 Å². The smallest absolute Gasteiger partial charge is 0.416 e. The number of ether oxygens (including phenoxy) is 1. The summed E-state index contributed by atoms with van der Waals surface area (Å²) in [6, 6.07) is 9.30. The number of amides is 2. The first kappa shape index (κ1) is 33.9. The highest BCUT2D eigenvalue weighted by molar-refractivity contribution is 7.88. The second-order valence-electron chi connectivity index (χ2n) is 14.4. The lowest BCUT2D eigenvalue weighted by Crippen LogP contribution is -2.62. The summed E-state index contributed by atoms with van der Waals surface area (Å²) in [6.45, 7) is 6.79. The molecule has 2 aliphatic heterocycles. The van der Waals surface area contributed by atoms with Gasteiger partial charge in [0.1, 0.15) is 17.8 Å². The summed E-state index contributed by atoms with van der Waals surface area (Å²) in [4.78, 5) is 30.0. The van der Waals surface area contributed by atoms with E-state index in [1.165, 1.54) is 26.5 Å². The highest BCUT2D eigenvalue weighted by Gasteiger charge is 2.52. The van der Waals surface area contributed by atoms with E-state index in [0.29, 0.717) is 29.9 Å². The fourth-order valence-corrected chi connectivity index (χ4v) is 7.80. The number of hydrogen-bond donors (Lipinski definition) is 0. The minimum atomic E-state index is -4.76. The Bertz CT molecular complexity index is 1890. The lowest BCUT2D eigenvalue weighted by atomic mass is 9.74. The van der Waals surface area contributed by atoms with Crippen LogP contribution in [0.4, 0.5) is 23.7 Å². The zero-order valence-electron chi connectivity index (χ0n) is 27.8. The van der Waals surface area contributed by atoms with Crippen molar-refractivity contribution >= 4 is 27.7 Å². The summed E-state index contributed by atoms with van der Waals surface area (Å²) in [7, 11) is -1.75. The van der Waals surface area contributed by atoms with Gasteiger partial charge in [-0.3, -0.25) is 9.69 Å².